The molecule has 2 aromatic carbocycles. The van der Waals surface area contributed by atoms with Crippen molar-refractivity contribution in [1.82, 2.24) is 9.62 Å². The van der Waals surface area contributed by atoms with Gasteiger partial charge in [0.1, 0.15) is 5.82 Å². The minimum atomic E-state index is -3.54. The summed E-state index contributed by atoms with van der Waals surface area (Å²) in [6.07, 6.45) is 0.919. The lowest BCUT2D eigenvalue weighted by Crippen LogP contribution is -2.42. The third-order valence-electron chi connectivity index (χ3n) is 4.94. The number of nitrogens with zero attached hydrogens (tertiary/aromatic N) is 1. The van der Waals surface area contributed by atoms with Crippen LogP contribution in [0.2, 0.25) is 0 Å². The van der Waals surface area contributed by atoms with Crippen LogP contribution >= 0.6 is 15.9 Å². The molecule has 1 aliphatic heterocycles. The maximum absolute atomic E-state index is 13.3. The molecule has 1 aliphatic rings. The third-order valence-corrected chi connectivity index (χ3v) is 7.63. The largest absolute Gasteiger partial charge is 0.352 e. The van der Waals surface area contributed by atoms with Crippen molar-refractivity contribution in [3.63, 3.8) is 0 Å². The van der Waals surface area contributed by atoms with E-state index in [-0.39, 0.29) is 29.1 Å². The van der Waals surface area contributed by atoms with Gasteiger partial charge in [-0.05, 0) is 55.7 Å². The van der Waals surface area contributed by atoms with Crippen LogP contribution in [0, 0.1) is 18.7 Å². The van der Waals surface area contributed by atoms with Crippen LogP contribution in [0.1, 0.15) is 24.0 Å². The molecule has 0 aliphatic carbocycles. The maximum atomic E-state index is 13.3. The fourth-order valence-electron chi connectivity index (χ4n) is 3.22. The number of nitrogens with one attached hydrogen (secondary N) is 1. The van der Waals surface area contributed by atoms with Crippen molar-refractivity contribution in [2.75, 3.05) is 13.1 Å². The number of hydrogen-bond donors (Lipinski definition) is 1. The minimum absolute atomic E-state index is 0.136. The van der Waals surface area contributed by atoms with E-state index >= 15 is 0 Å². The second-order valence-electron chi connectivity index (χ2n) is 6.94. The molecular formula is C20H22BrFN2O3S. The van der Waals surface area contributed by atoms with E-state index in [0.29, 0.717) is 31.5 Å². The molecule has 1 amide bonds. The number of rotatable bonds is 5. The summed E-state index contributed by atoms with van der Waals surface area (Å²) in [6.45, 7) is 2.73. The normalized spacial score (nSPS) is 16.1. The van der Waals surface area contributed by atoms with Gasteiger partial charge in [0.15, 0.2) is 0 Å². The van der Waals surface area contributed by atoms with Crippen LogP contribution in [0.3, 0.4) is 0 Å². The summed E-state index contributed by atoms with van der Waals surface area (Å²) < 4.78 is 41.0. The molecule has 0 aromatic heterocycles. The SMILES string of the molecule is Cc1ccc(S(=O)(=O)N2CCC(C(=O)NCc3cc(F)ccc3Br)CC2)cc1. The molecule has 8 heteroatoms. The summed E-state index contributed by atoms with van der Waals surface area (Å²) in [7, 11) is -3.54. The van der Waals surface area contributed by atoms with Crippen LogP contribution in [-0.4, -0.2) is 31.7 Å². The first-order valence-corrected chi connectivity index (χ1v) is 11.3. The Kier molecular flexibility index (Phi) is 6.52. The van der Waals surface area contributed by atoms with Gasteiger partial charge in [-0.1, -0.05) is 33.6 Å². The first-order chi connectivity index (χ1) is 13.3. The van der Waals surface area contributed by atoms with Crippen molar-refractivity contribution < 1.29 is 17.6 Å². The number of amides is 1. The van der Waals surface area contributed by atoms with E-state index in [2.05, 4.69) is 21.2 Å². The minimum Gasteiger partial charge on any atom is -0.352 e. The molecule has 0 atom stereocenters. The van der Waals surface area contributed by atoms with Gasteiger partial charge >= 0.3 is 0 Å². The third kappa shape index (κ3) is 4.79. The van der Waals surface area contributed by atoms with Gasteiger partial charge < -0.3 is 5.32 Å². The number of aryl methyl sites for hydroxylation is 1. The van der Waals surface area contributed by atoms with Crippen molar-refractivity contribution in [3.8, 4) is 0 Å². The number of halogens is 2. The number of carbonyl (C=O) groups is 1. The van der Waals surface area contributed by atoms with Crippen molar-refractivity contribution in [2.45, 2.75) is 31.2 Å². The first-order valence-electron chi connectivity index (χ1n) is 9.06. The number of piperidine rings is 1. The summed E-state index contributed by atoms with van der Waals surface area (Å²) in [5.41, 5.74) is 1.66. The standard InChI is InChI=1S/C20H22BrFN2O3S/c1-14-2-5-18(6-3-14)28(26,27)24-10-8-15(9-11-24)20(25)23-13-16-12-17(22)4-7-19(16)21/h2-7,12,15H,8-11,13H2,1H3,(H,23,25). The van der Waals surface area contributed by atoms with E-state index in [9.17, 15) is 17.6 Å². The first kappa shape index (κ1) is 21.0. The zero-order chi connectivity index (χ0) is 20.3. The fourth-order valence-corrected chi connectivity index (χ4v) is 5.08. The van der Waals surface area contributed by atoms with Crippen LogP contribution < -0.4 is 5.32 Å². The van der Waals surface area contributed by atoms with Crippen LogP contribution in [0.25, 0.3) is 0 Å². The Morgan fingerprint density at radius 1 is 1.18 bits per heavy atom. The van der Waals surface area contributed by atoms with Gasteiger partial charge in [-0.25, -0.2) is 12.8 Å². The lowest BCUT2D eigenvalue weighted by atomic mass is 9.97. The van der Waals surface area contributed by atoms with E-state index in [1.807, 2.05) is 6.92 Å². The Labute approximate surface area is 173 Å². The van der Waals surface area contributed by atoms with Gasteiger partial charge in [-0.3, -0.25) is 4.79 Å². The number of hydrogen-bond acceptors (Lipinski definition) is 3. The molecule has 28 heavy (non-hydrogen) atoms. The van der Waals surface area contributed by atoms with Crippen LogP contribution in [0.4, 0.5) is 4.39 Å². The Hall–Kier alpha value is -1.77. The van der Waals surface area contributed by atoms with Crippen molar-refractivity contribution in [3.05, 3.63) is 63.9 Å². The Morgan fingerprint density at radius 3 is 2.46 bits per heavy atom. The molecule has 3 rings (SSSR count). The lowest BCUT2D eigenvalue weighted by molar-refractivity contribution is -0.126. The molecule has 1 saturated heterocycles. The van der Waals surface area contributed by atoms with Crippen molar-refractivity contribution >= 4 is 31.9 Å². The molecule has 5 nitrogen and oxygen atoms in total. The Balaban J connectivity index is 1.56. The van der Waals surface area contributed by atoms with E-state index in [4.69, 9.17) is 0 Å². The van der Waals surface area contributed by atoms with Crippen LogP contribution in [0.5, 0.6) is 0 Å². The average molecular weight is 469 g/mol. The number of sulfonamides is 1. The molecule has 1 N–H and O–H groups in total. The molecule has 0 unspecified atom stereocenters. The van der Waals surface area contributed by atoms with Crippen molar-refractivity contribution in [1.29, 1.82) is 0 Å². The molecule has 0 spiro atoms. The molecule has 0 radical (unpaired) electrons. The molecule has 2 aromatic rings. The summed E-state index contributed by atoms with van der Waals surface area (Å²) in [4.78, 5) is 12.7. The van der Waals surface area contributed by atoms with E-state index < -0.39 is 10.0 Å². The monoisotopic (exact) mass is 468 g/mol. The van der Waals surface area contributed by atoms with E-state index in [1.54, 1.807) is 30.3 Å². The topological polar surface area (TPSA) is 66.5 Å². The predicted molar refractivity (Wildman–Crippen MR) is 109 cm³/mol. The second-order valence-corrected chi connectivity index (χ2v) is 9.74. The molecule has 0 saturated carbocycles. The maximum Gasteiger partial charge on any atom is 0.243 e. The quantitative estimate of drug-likeness (QED) is 0.728. The van der Waals surface area contributed by atoms with Crippen LogP contribution in [-0.2, 0) is 21.4 Å². The summed E-state index contributed by atoms with van der Waals surface area (Å²) in [6, 6.07) is 11.1. The molecule has 150 valence electrons. The predicted octanol–water partition coefficient (Wildman–Crippen LogP) is 3.61. The van der Waals surface area contributed by atoms with Gasteiger partial charge in [-0.15, -0.1) is 0 Å². The zero-order valence-corrected chi connectivity index (χ0v) is 17.9. The Morgan fingerprint density at radius 2 is 1.82 bits per heavy atom. The summed E-state index contributed by atoms with van der Waals surface area (Å²) in [5, 5.41) is 2.82. The van der Waals surface area contributed by atoms with Crippen molar-refractivity contribution in [2.24, 2.45) is 5.92 Å². The van der Waals surface area contributed by atoms with E-state index in [1.165, 1.54) is 16.4 Å². The van der Waals surface area contributed by atoms with Gasteiger partial charge in [0.25, 0.3) is 0 Å². The van der Waals surface area contributed by atoms with E-state index in [0.717, 1.165) is 10.0 Å². The summed E-state index contributed by atoms with van der Waals surface area (Å²) in [5.74, 6) is -0.748. The van der Waals surface area contributed by atoms with Gasteiger partial charge in [0, 0.05) is 30.0 Å². The zero-order valence-electron chi connectivity index (χ0n) is 15.5. The average Bonchev–Trinajstić information content (AvgIpc) is 2.69. The second kappa shape index (κ2) is 8.71. The fraction of sp³-hybridized carbons (Fsp3) is 0.350. The Bertz CT molecular complexity index is 956. The van der Waals surface area contributed by atoms with Crippen LogP contribution in [0.15, 0.2) is 51.8 Å². The number of benzene rings is 2. The summed E-state index contributed by atoms with van der Waals surface area (Å²) >= 11 is 3.34. The highest BCUT2D eigenvalue weighted by molar-refractivity contribution is 9.10. The molecule has 1 fully saturated rings. The highest BCUT2D eigenvalue weighted by atomic mass is 79.9. The van der Waals surface area contributed by atoms with Gasteiger partial charge in [0.2, 0.25) is 15.9 Å². The number of carbonyl (C=O) groups excluding carboxylic acids is 1. The molecular weight excluding hydrogens is 447 g/mol. The highest BCUT2D eigenvalue weighted by Crippen LogP contribution is 2.24. The van der Waals surface area contributed by atoms with Gasteiger partial charge in [0.05, 0.1) is 4.90 Å². The van der Waals surface area contributed by atoms with Gasteiger partial charge in [-0.2, -0.15) is 4.31 Å². The smallest absolute Gasteiger partial charge is 0.243 e. The highest BCUT2D eigenvalue weighted by Gasteiger charge is 2.32. The lowest BCUT2D eigenvalue weighted by Gasteiger charge is -2.30. The molecule has 1 heterocycles. The molecule has 0 bridgehead atoms.